The third-order valence-corrected chi connectivity index (χ3v) is 5.60. The van der Waals surface area contributed by atoms with E-state index in [1.54, 1.807) is 37.4 Å². The fraction of sp³-hybridized carbons (Fsp3) is 0.348. The van der Waals surface area contributed by atoms with Crippen LogP contribution in [-0.4, -0.2) is 49.0 Å². The van der Waals surface area contributed by atoms with Crippen LogP contribution >= 0.6 is 23.4 Å². The summed E-state index contributed by atoms with van der Waals surface area (Å²) in [6, 6.07) is 13.0. The summed E-state index contributed by atoms with van der Waals surface area (Å²) in [7, 11) is 1.55. The molecule has 0 saturated carbocycles. The first kappa shape index (κ1) is 25.5. The molecule has 2 unspecified atom stereocenters. The average Bonchev–Trinajstić information content (AvgIpc) is 2.80. The van der Waals surface area contributed by atoms with E-state index in [2.05, 4.69) is 10.6 Å². The Kier molecular flexibility index (Phi) is 10.4. The van der Waals surface area contributed by atoms with Gasteiger partial charge in [0.05, 0.1) is 17.7 Å². The van der Waals surface area contributed by atoms with Crippen LogP contribution in [0.4, 0.5) is 0 Å². The van der Waals surface area contributed by atoms with Crippen molar-refractivity contribution in [2.75, 3.05) is 19.1 Å². The largest absolute Gasteiger partial charge is 0.496 e. The van der Waals surface area contributed by atoms with Crippen molar-refractivity contribution >= 4 is 41.1 Å². The molecular weight excluding hydrogens is 452 g/mol. The lowest BCUT2D eigenvalue weighted by molar-refractivity contribution is -0.156. The zero-order chi connectivity index (χ0) is 23.5. The molecule has 2 amide bonds. The van der Waals surface area contributed by atoms with Crippen LogP contribution in [0.5, 0.6) is 5.75 Å². The first-order chi connectivity index (χ1) is 15.4. The van der Waals surface area contributed by atoms with Gasteiger partial charge in [-0.15, -0.1) is 0 Å². The Labute approximate surface area is 197 Å². The second kappa shape index (κ2) is 13.0. The molecule has 2 aromatic rings. The third kappa shape index (κ3) is 7.46. The maximum Gasteiger partial charge on any atom is 0.329 e. The van der Waals surface area contributed by atoms with Crippen LogP contribution in [0.2, 0.25) is 5.02 Å². The lowest BCUT2D eigenvalue weighted by atomic mass is 10.1. The topological polar surface area (TPSA) is 93.7 Å². The number of carbonyl (C=O) groups is 3. The van der Waals surface area contributed by atoms with Gasteiger partial charge >= 0.3 is 5.97 Å². The molecule has 0 aromatic heterocycles. The van der Waals surface area contributed by atoms with E-state index in [1.807, 2.05) is 24.5 Å². The molecule has 0 bridgehead atoms. The van der Waals surface area contributed by atoms with Crippen LogP contribution in [0.25, 0.3) is 0 Å². The number of para-hydroxylation sites is 1. The number of carbonyl (C=O) groups excluding carboxylic acids is 3. The molecular formula is C23H27ClN2O5S. The van der Waals surface area contributed by atoms with Gasteiger partial charge in [0.2, 0.25) is 0 Å². The monoisotopic (exact) mass is 478 g/mol. The van der Waals surface area contributed by atoms with Crippen LogP contribution in [-0.2, 0) is 20.9 Å². The quantitative estimate of drug-likeness (QED) is 0.480. The van der Waals surface area contributed by atoms with E-state index in [0.29, 0.717) is 17.9 Å². The SMILES string of the molecule is COc1ccccc1CNC(=O)C(C)OC(=O)C(CCSC)NC(=O)c1ccccc1Cl. The Balaban J connectivity index is 1.97. The summed E-state index contributed by atoms with van der Waals surface area (Å²) >= 11 is 7.61. The molecule has 0 fully saturated rings. The van der Waals surface area contributed by atoms with Gasteiger partial charge < -0.3 is 20.1 Å². The van der Waals surface area contributed by atoms with Gasteiger partial charge in [-0.25, -0.2) is 4.79 Å². The number of hydrogen-bond donors (Lipinski definition) is 2. The standard InChI is InChI=1S/C23H27ClN2O5S/c1-15(21(27)25-14-16-8-4-7-11-20(16)30-2)31-23(29)19(12-13-32-3)26-22(28)17-9-5-6-10-18(17)24/h4-11,15,19H,12-14H2,1-3H3,(H,25,27)(H,26,28). The molecule has 9 heteroatoms. The number of esters is 1. The minimum absolute atomic E-state index is 0.226. The molecule has 2 N–H and O–H groups in total. The molecule has 0 aliphatic rings. The van der Waals surface area contributed by atoms with Crippen LogP contribution < -0.4 is 15.4 Å². The highest BCUT2D eigenvalue weighted by Gasteiger charge is 2.27. The molecule has 0 saturated heterocycles. The van der Waals surface area contributed by atoms with Gasteiger partial charge in [0.1, 0.15) is 11.8 Å². The predicted molar refractivity (Wildman–Crippen MR) is 126 cm³/mol. The lowest BCUT2D eigenvalue weighted by Crippen LogP contribution is -2.45. The first-order valence-corrected chi connectivity index (χ1v) is 11.8. The Morgan fingerprint density at radius 1 is 1.09 bits per heavy atom. The Hall–Kier alpha value is -2.71. The van der Waals surface area contributed by atoms with Gasteiger partial charge in [0.15, 0.2) is 6.10 Å². The van der Waals surface area contributed by atoms with E-state index >= 15 is 0 Å². The van der Waals surface area contributed by atoms with Crippen LogP contribution in [0.15, 0.2) is 48.5 Å². The normalized spacial score (nSPS) is 12.4. The molecule has 0 radical (unpaired) electrons. The summed E-state index contributed by atoms with van der Waals surface area (Å²) < 4.78 is 10.6. The van der Waals surface area contributed by atoms with Gasteiger partial charge in [0, 0.05) is 12.1 Å². The Morgan fingerprint density at radius 3 is 2.47 bits per heavy atom. The van der Waals surface area contributed by atoms with E-state index in [-0.39, 0.29) is 17.1 Å². The zero-order valence-corrected chi connectivity index (χ0v) is 19.8. The maximum absolute atomic E-state index is 12.7. The highest BCUT2D eigenvalue weighted by Crippen LogP contribution is 2.17. The highest BCUT2D eigenvalue weighted by atomic mass is 35.5. The van der Waals surface area contributed by atoms with Crippen molar-refractivity contribution < 1.29 is 23.9 Å². The Bertz CT molecular complexity index is 940. The van der Waals surface area contributed by atoms with E-state index in [9.17, 15) is 14.4 Å². The molecule has 2 atom stereocenters. The maximum atomic E-state index is 12.7. The van der Waals surface area contributed by atoms with Crippen molar-refractivity contribution in [2.45, 2.75) is 32.0 Å². The van der Waals surface area contributed by atoms with Crippen molar-refractivity contribution in [1.29, 1.82) is 0 Å². The van der Waals surface area contributed by atoms with E-state index in [0.717, 1.165) is 5.56 Å². The number of amides is 2. The number of hydrogen-bond acceptors (Lipinski definition) is 6. The number of rotatable bonds is 11. The molecule has 7 nitrogen and oxygen atoms in total. The van der Waals surface area contributed by atoms with Gasteiger partial charge in [-0.2, -0.15) is 11.8 Å². The van der Waals surface area contributed by atoms with E-state index in [4.69, 9.17) is 21.1 Å². The molecule has 172 valence electrons. The molecule has 0 aliphatic heterocycles. The van der Waals surface area contributed by atoms with Crippen molar-refractivity contribution in [2.24, 2.45) is 0 Å². The molecule has 2 rings (SSSR count). The summed E-state index contributed by atoms with van der Waals surface area (Å²) in [6.07, 6.45) is 1.21. The second-order valence-corrected chi connectivity index (χ2v) is 8.29. The second-order valence-electron chi connectivity index (χ2n) is 6.90. The van der Waals surface area contributed by atoms with Crippen LogP contribution in [0, 0.1) is 0 Å². The number of thioether (sulfide) groups is 1. The lowest BCUT2D eigenvalue weighted by Gasteiger charge is -2.20. The van der Waals surface area contributed by atoms with Crippen molar-refractivity contribution in [3.8, 4) is 5.75 Å². The average molecular weight is 479 g/mol. The summed E-state index contributed by atoms with van der Waals surface area (Å²) in [5.74, 6) is -0.342. The number of halogens is 1. The van der Waals surface area contributed by atoms with Crippen molar-refractivity contribution in [1.82, 2.24) is 10.6 Å². The predicted octanol–water partition coefficient (Wildman–Crippen LogP) is 3.45. The van der Waals surface area contributed by atoms with E-state index in [1.165, 1.54) is 18.7 Å². The van der Waals surface area contributed by atoms with Crippen LogP contribution in [0.1, 0.15) is 29.3 Å². The van der Waals surface area contributed by atoms with E-state index < -0.39 is 29.9 Å². The number of ether oxygens (including phenoxy) is 2. The fourth-order valence-corrected chi connectivity index (χ4v) is 3.54. The number of nitrogens with one attached hydrogen (secondary N) is 2. The summed E-state index contributed by atoms with van der Waals surface area (Å²) in [4.78, 5) is 37.7. The van der Waals surface area contributed by atoms with Gasteiger partial charge in [-0.05, 0) is 43.6 Å². The fourth-order valence-electron chi connectivity index (χ4n) is 2.85. The molecule has 2 aromatic carbocycles. The smallest absolute Gasteiger partial charge is 0.329 e. The van der Waals surface area contributed by atoms with Crippen molar-refractivity contribution in [3.05, 3.63) is 64.7 Å². The third-order valence-electron chi connectivity index (χ3n) is 4.63. The van der Waals surface area contributed by atoms with Gasteiger partial charge in [-0.3, -0.25) is 9.59 Å². The first-order valence-electron chi connectivity index (χ1n) is 10.0. The summed E-state index contributed by atoms with van der Waals surface area (Å²) in [6.45, 7) is 1.71. The van der Waals surface area contributed by atoms with Crippen LogP contribution in [0.3, 0.4) is 0 Å². The van der Waals surface area contributed by atoms with Crippen molar-refractivity contribution in [3.63, 3.8) is 0 Å². The summed E-state index contributed by atoms with van der Waals surface area (Å²) in [5.41, 5.74) is 1.06. The number of benzene rings is 2. The minimum atomic E-state index is -1.04. The number of methoxy groups -OCH3 is 1. The van der Waals surface area contributed by atoms with Gasteiger partial charge in [0.25, 0.3) is 11.8 Å². The molecule has 0 spiro atoms. The molecule has 0 heterocycles. The minimum Gasteiger partial charge on any atom is -0.496 e. The zero-order valence-electron chi connectivity index (χ0n) is 18.2. The summed E-state index contributed by atoms with van der Waals surface area (Å²) in [5, 5.41) is 5.68. The molecule has 0 aliphatic carbocycles. The molecule has 32 heavy (non-hydrogen) atoms. The Morgan fingerprint density at radius 2 is 1.78 bits per heavy atom. The van der Waals surface area contributed by atoms with Gasteiger partial charge in [-0.1, -0.05) is 41.9 Å². The highest BCUT2D eigenvalue weighted by molar-refractivity contribution is 7.98.